The second-order valence-corrected chi connectivity index (χ2v) is 7.86. The third-order valence-corrected chi connectivity index (χ3v) is 6.07. The van der Waals surface area contributed by atoms with Crippen LogP contribution in [-0.2, 0) is 10.2 Å². The topological polar surface area (TPSA) is 23.6 Å². The first-order chi connectivity index (χ1) is 11.7. The molecule has 1 unspecified atom stereocenters. The van der Waals surface area contributed by atoms with Gasteiger partial charge in [-0.25, -0.2) is 4.39 Å². The molecule has 130 valence electrons. The lowest BCUT2D eigenvalue weighted by atomic mass is 9.94. The first kappa shape index (κ1) is 16.1. The maximum Gasteiger partial charge on any atom is 0.233 e. The summed E-state index contributed by atoms with van der Waals surface area (Å²) in [4.78, 5) is 17.7. The standard InChI is InChI=1S/C20H27FN2O/c21-18-6-4-5-17(13-18)20(8-9-20)19(24)23-12-7-16(15-23)14-22-10-2-1-3-11-22/h4-6,13,16H,1-3,7-12,14-15H2. The molecule has 1 aromatic rings. The van der Waals surface area contributed by atoms with E-state index in [1.54, 1.807) is 12.1 Å². The molecule has 1 amide bonds. The summed E-state index contributed by atoms with van der Waals surface area (Å²) < 4.78 is 13.6. The maximum absolute atomic E-state index is 13.6. The zero-order chi connectivity index (χ0) is 16.6. The predicted octanol–water partition coefficient (Wildman–Crippen LogP) is 3.19. The van der Waals surface area contributed by atoms with Gasteiger partial charge in [0.1, 0.15) is 5.82 Å². The van der Waals surface area contributed by atoms with Crippen LogP contribution in [0.5, 0.6) is 0 Å². The van der Waals surface area contributed by atoms with Gasteiger partial charge in [-0.15, -0.1) is 0 Å². The number of benzene rings is 1. The highest BCUT2D eigenvalue weighted by Crippen LogP contribution is 2.50. The van der Waals surface area contributed by atoms with Gasteiger partial charge in [0.15, 0.2) is 0 Å². The summed E-state index contributed by atoms with van der Waals surface area (Å²) in [6.07, 6.45) is 6.84. The Kier molecular flexibility index (Phi) is 4.33. The van der Waals surface area contributed by atoms with Gasteiger partial charge in [0.2, 0.25) is 5.91 Å². The molecular weight excluding hydrogens is 303 g/mol. The molecule has 0 radical (unpaired) electrons. The van der Waals surface area contributed by atoms with Crippen LogP contribution in [0.1, 0.15) is 44.1 Å². The smallest absolute Gasteiger partial charge is 0.233 e. The summed E-state index contributed by atoms with van der Waals surface area (Å²) in [7, 11) is 0. The molecule has 24 heavy (non-hydrogen) atoms. The van der Waals surface area contributed by atoms with Crippen molar-refractivity contribution in [3.05, 3.63) is 35.6 Å². The van der Waals surface area contributed by atoms with Gasteiger partial charge >= 0.3 is 0 Å². The average Bonchev–Trinajstić information content (AvgIpc) is 3.29. The lowest BCUT2D eigenvalue weighted by molar-refractivity contribution is -0.133. The number of hydrogen-bond acceptors (Lipinski definition) is 2. The minimum atomic E-state index is -0.428. The summed E-state index contributed by atoms with van der Waals surface area (Å²) >= 11 is 0. The fourth-order valence-electron chi connectivity index (χ4n) is 4.51. The fraction of sp³-hybridized carbons (Fsp3) is 0.650. The zero-order valence-corrected chi connectivity index (χ0v) is 14.3. The van der Waals surface area contributed by atoms with Gasteiger partial charge < -0.3 is 9.80 Å². The predicted molar refractivity (Wildman–Crippen MR) is 92.3 cm³/mol. The number of likely N-dealkylation sites (tertiary alicyclic amines) is 2. The first-order valence-electron chi connectivity index (χ1n) is 9.45. The van der Waals surface area contributed by atoms with Crippen molar-refractivity contribution in [2.24, 2.45) is 5.92 Å². The van der Waals surface area contributed by atoms with E-state index in [9.17, 15) is 9.18 Å². The van der Waals surface area contributed by atoms with Crippen molar-refractivity contribution >= 4 is 5.91 Å². The number of halogens is 1. The molecule has 3 nitrogen and oxygen atoms in total. The van der Waals surface area contributed by atoms with Crippen LogP contribution in [-0.4, -0.2) is 48.4 Å². The maximum atomic E-state index is 13.6. The summed E-state index contributed by atoms with van der Waals surface area (Å²) in [6.45, 7) is 5.33. The number of amides is 1. The molecule has 1 aromatic carbocycles. The van der Waals surface area contributed by atoms with Gasteiger partial charge in [-0.2, -0.15) is 0 Å². The van der Waals surface area contributed by atoms with E-state index in [-0.39, 0.29) is 11.7 Å². The van der Waals surface area contributed by atoms with Crippen molar-refractivity contribution in [1.29, 1.82) is 0 Å². The third kappa shape index (κ3) is 3.08. The van der Waals surface area contributed by atoms with E-state index >= 15 is 0 Å². The average molecular weight is 330 g/mol. The quantitative estimate of drug-likeness (QED) is 0.846. The van der Waals surface area contributed by atoms with Gasteiger partial charge in [-0.3, -0.25) is 4.79 Å². The van der Waals surface area contributed by atoms with Crippen LogP contribution < -0.4 is 0 Å². The van der Waals surface area contributed by atoms with Gasteiger partial charge in [-0.05, 0) is 68.8 Å². The Hall–Kier alpha value is -1.42. The highest BCUT2D eigenvalue weighted by molar-refractivity contribution is 5.91. The highest BCUT2D eigenvalue weighted by atomic mass is 19.1. The third-order valence-electron chi connectivity index (χ3n) is 6.07. The van der Waals surface area contributed by atoms with Crippen molar-refractivity contribution in [3.63, 3.8) is 0 Å². The molecule has 2 heterocycles. The lowest BCUT2D eigenvalue weighted by Crippen LogP contribution is -2.39. The number of carbonyl (C=O) groups excluding carboxylic acids is 1. The molecule has 0 bridgehead atoms. The van der Waals surface area contributed by atoms with Crippen molar-refractivity contribution < 1.29 is 9.18 Å². The first-order valence-corrected chi connectivity index (χ1v) is 9.45. The molecule has 1 saturated carbocycles. The fourth-order valence-corrected chi connectivity index (χ4v) is 4.51. The molecule has 0 aromatic heterocycles. The summed E-state index contributed by atoms with van der Waals surface area (Å²) in [5, 5.41) is 0. The largest absolute Gasteiger partial charge is 0.342 e. The number of piperidine rings is 1. The Labute approximate surface area is 143 Å². The number of carbonyl (C=O) groups is 1. The molecule has 1 atom stereocenters. The normalized spacial score (nSPS) is 26.5. The Morgan fingerprint density at radius 3 is 2.67 bits per heavy atom. The second-order valence-electron chi connectivity index (χ2n) is 7.86. The number of nitrogens with zero attached hydrogens (tertiary/aromatic N) is 2. The molecule has 4 heteroatoms. The zero-order valence-electron chi connectivity index (χ0n) is 14.3. The van der Waals surface area contributed by atoms with E-state index in [1.807, 2.05) is 11.0 Å². The van der Waals surface area contributed by atoms with Gasteiger partial charge in [0.05, 0.1) is 5.41 Å². The SMILES string of the molecule is O=C(N1CCC(CN2CCCCC2)C1)C1(c2cccc(F)c2)CC1. The van der Waals surface area contributed by atoms with E-state index in [2.05, 4.69) is 4.90 Å². The molecule has 0 spiro atoms. The van der Waals surface area contributed by atoms with Crippen LogP contribution in [0.15, 0.2) is 24.3 Å². The van der Waals surface area contributed by atoms with Crippen molar-refractivity contribution in [2.45, 2.75) is 43.9 Å². The Balaban J connectivity index is 1.39. The molecular formula is C20H27FN2O. The molecule has 4 rings (SSSR count). The number of hydrogen-bond donors (Lipinski definition) is 0. The van der Waals surface area contributed by atoms with E-state index < -0.39 is 5.41 Å². The van der Waals surface area contributed by atoms with Crippen LogP contribution >= 0.6 is 0 Å². The van der Waals surface area contributed by atoms with Crippen LogP contribution in [0.3, 0.4) is 0 Å². The molecule has 1 aliphatic carbocycles. The molecule has 2 saturated heterocycles. The second kappa shape index (κ2) is 6.47. The Morgan fingerprint density at radius 1 is 1.17 bits per heavy atom. The Morgan fingerprint density at radius 2 is 1.96 bits per heavy atom. The van der Waals surface area contributed by atoms with Crippen LogP contribution in [0.2, 0.25) is 0 Å². The van der Waals surface area contributed by atoms with Crippen molar-refractivity contribution in [1.82, 2.24) is 9.80 Å². The van der Waals surface area contributed by atoms with Crippen molar-refractivity contribution in [2.75, 3.05) is 32.7 Å². The summed E-state index contributed by atoms with van der Waals surface area (Å²) in [5.74, 6) is 0.598. The summed E-state index contributed by atoms with van der Waals surface area (Å²) in [6, 6.07) is 6.64. The summed E-state index contributed by atoms with van der Waals surface area (Å²) in [5.41, 5.74) is 0.439. The van der Waals surface area contributed by atoms with Gasteiger partial charge in [0.25, 0.3) is 0 Å². The lowest BCUT2D eigenvalue weighted by Gasteiger charge is -2.29. The number of rotatable bonds is 4. The van der Waals surface area contributed by atoms with Crippen LogP contribution in [0.25, 0.3) is 0 Å². The Bertz CT molecular complexity index is 607. The van der Waals surface area contributed by atoms with Crippen LogP contribution in [0, 0.1) is 11.7 Å². The van der Waals surface area contributed by atoms with E-state index in [0.717, 1.165) is 44.5 Å². The molecule has 0 N–H and O–H groups in total. The van der Waals surface area contributed by atoms with Gasteiger partial charge in [0, 0.05) is 19.6 Å². The highest BCUT2D eigenvalue weighted by Gasteiger charge is 2.53. The molecule has 2 aliphatic heterocycles. The minimum absolute atomic E-state index is 0.231. The van der Waals surface area contributed by atoms with E-state index in [1.165, 1.54) is 38.4 Å². The molecule has 3 aliphatic rings. The van der Waals surface area contributed by atoms with E-state index in [4.69, 9.17) is 0 Å². The minimum Gasteiger partial charge on any atom is -0.342 e. The molecule has 3 fully saturated rings. The van der Waals surface area contributed by atoms with Gasteiger partial charge in [-0.1, -0.05) is 18.6 Å². The monoisotopic (exact) mass is 330 g/mol. The van der Waals surface area contributed by atoms with Crippen LogP contribution in [0.4, 0.5) is 4.39 Å². The van der Waals surface area contributed by atoms with Crippen molar-refractivity contribution in [3.8, 4) is 0 Å². The van der Waals surface area contributed by atoms with E-state index in [0.29, 0.717) is 5.92 Å².